The lowest BCUT2D eigenvalue weighted by atomic mass is 9.97. The number of hydrogen-bond donors (Lipinski definition) is 2. The highest BCUT2D eigenvalue weighted by molar-refractivity contribution is 5.94. The lowest BCUT2D eigenvalue weighted by molar-refractivity contribution is 0.101. The van der Waals surface area contributed by atoms with Crippen LogP contribution in [0.2, 0.25) is 0 Å². The molecule has 5 nitrogen and oxygen atoms in total. The van der Waals surface area contributed by atoms with E-state index in [1.807, 2.05) is 30.3 Å². The first kappa shape index (κ1) is 27.1. The fourth-order valence-corrected chi connectivity index (χ4v) is 5.53. The second-order valence-electron chi connectivity index (χ2n) is 10.7. The number of rotatable bonds is 11. The standard InChI is InChI=1S/C34H39N3O2/c1-25(38)29-9-6-11-34(21-29)39-33-16-13-26(14-17-33)23-37-24-31(36-22-32(37)10-4-5-18-35)20-27-12-15-28-7-2-3-8-30(28)19-27/h2-3,6-9,11-17,19,21,31-32,36H,4-5,10,18,20,22-24,35H2,1H3/t31-,32-/m0/s1. The van der Waals surface area contributed by atoms with Crippen molar-refractivity contribution < 1.29 is 9.53 Å². The highest BCUT2D eigenvalue weighted by Gasteiger charge is 2.27. The summed E-state index contributed by atoms with van der Waals surface area (Å²) in [6.07, 6.45) is 4.39. The van der Waals surface area contributed by atoms with Crippen LogP contribution in [0.4, 0.5) is 0 Å². The molecule has 5 rings (SSSR count). The van der Waals surface area contributed by atoms with Crippen LogP contribution in [0.15, 0.2) is 91.0 Å². The molecule has 202 valence electrons. The van der Waals surface area contributed by atoms with Gasteiger partial charge in [0.15, 0.2) is 5.78 Å². The summed E-state index contributed by atoms with van der Waals surface area (Å²) in [6.45, 7) is 5.23. The molecule has 4 aromatic rings. The Bertz CT molecular complexity index is 1380. The van der Waals surface area contributed by atoms with Gasteiger partial charge in [-0.1, -0.05) is 73.2 Å². The summed E-state index contributed by atoms with van der Waals surface area (Å²) in [5.41, 5.74) is 9.09. The molecule has 5 heteroatoms. The van der Waals surface area contributed by atoms with E-state index in [-0.39, 0.29) is 5.78 Å². The summed E-state index contributed by atoms with van der Waals surface area (Å²) < 4.78 is 6.03. The van der Waals surface area contributed by atoms with Gasteiger partial charge in [0.1, 0.15) is 11.5 Å². The Morgan fingerprint density at radius 2 is 1.69 bits per heavy atom. The van der Waals surface area contributed by atoms with E-state index >= 15 is 0 Å². The van der Waals surface area contributed by atoms with E-state index in [4.69, 9.17) is 10.5 Å². The number of Topliss-reactive ketones (excluding diaryl/α,β-unsaturated/α-hetero) is 1. The van der Waals surface area contributed by atoms with Crippen molar-refractivity contribution in [2.24, 2.45) is 5.73 Å². The first-order chi connectivity index (χ1) is 19.1. The van der Waals surface area contributed by atoms with E-state index < -0.39 is 0 Å². The van der Waals surface area contributed by atoms with E-state index in [0.29, 0.717) is 23.4 Å². The Morgan fingerprint density at radius 1 is 0.897 bits per heavy atom. The van der Waals surface area contributed by atoms with Gasteiger partial charge in [-0.2, -0.15) is 0 Å². The molecule has 39 heavy (non-hydrogen) atoms. The van der Waals surface area contributed by atoms with Crippen LogP contribution < -0.4 is 15.8 Å². The molecule has 1 aliphatic heterocycles. The number of carbonyl (C=O) groups is 1. The Kier molecular flexibility index (Phi) is 9.04. The Balaban J connectivity index is 1.25. The van der Waals surface area contributed by atoms with Crippen molar-refractivity contribution in [3.63, 3.8) is 0 Å². The summed E-state index contributed by atoms with van der Waals surface area (Å²) in [4.78, 5) is 14.3. The van der Waals surface area contributed by atoms with Crippen LogP contribution >= 0.6 is 0 Å². The molecule has 0 aromatic heterocycles. The number of nitrogens with zero attached hydrogens (tertiary/aromatic N) is 1. The molecule has 1 fully saturated rings. The van der Waals surface area contributed by atoms with Crippen LogP contribution in [0.5, 0.6) is 11.5 Å². The quantitative estimate of drug-likeness (QED) is 0.178. The van der Waals surface area contributed by atoms with E-state index in [9.17, 15) is 4.79 Å². The maximum Gasteiger partial charge on any atom is 0.159 e. The SMILES string of the molecule is CC(=O)c1cccc(Oc2ccc(CN3C[C@H](Cc4ccc5ccccc5c4)NC[C@@H]3CCCCN)cc2)c1. The number of piperazine rings is 1. The van der Waals surface area contributed by atoms with Crippen molar-refractivity contribution in [3.05, 3.63) is 108 Å². The molecule has 0 spiro atoms. The van der Waals surface area contributed by atoms with E-state index in [1.54, 1.807) is 13.0 Å². The van der Waals surface area contributed by atoms with Crippen molar-refractivity contribution in [1.82, 2.24) is 10.2 Å². The summed E-state index contributed by atoms with van der Waals surface area (Å²) in [5, 5.41) is 6.43. The summed E-state index contributed by atoms with van der Waals surface area (Å²) in [7, 11) is 0. The van der Waals surface area contributed by atoms with Gasteiger partial charge < -0.3 is 15.8 Å². The van der Waals surface area contributed by atoms with Crippen molar-refractivity contribution in [2.75, 3.05) is 19.6 Å². The second-order valence-corrected chi connectivity index (χ2v) is 10.7. The third-order valence-electron chi connectivity index (χ3n) is 7.69. The van der Waals surface area contributed by atoms with Crippen molar-refractivity contribution in [3.8, 4) is 11.5 Å². The number of nitrogens with one attached hydrogen (secondary N) is 1. The van der Waals surface area contributed by atoms with Crippen LogP contribution in [0.25, 0.3) is 10.8 Å². The lowest BCUT2D eigenvalue weighted by Crippen LogP contribution is -2.56. The second kappa shape index (κ2) is 13.0. The first-order valence-corrected chi connectivity index (χ1v) is 14.1. The van der Waals surface area contributed by atoms with Crippen molar-refractivity contribution in [1.29, 1.82) is 0 Å². The molecule has 0 aliphatic carbocycles. The zero-order valence-corrected chi connectivity index (χ0v) is 22.8. The van der Waals surface area contributed by atoms with Crippen LogP contribution in [0.3, 0.4) is 0 Å². The number of hydrogen-bond acceptors (Lipinski definition) is 5. The van der Waals surface area contributed by atoms with Gasteiger partial charge in [-0.3, -0.25) is 9.69 Å². The average molecular weight is 522 g/mol. The smallest absolute Gasteiger partial charge is 0.159 e. The average Bonchev–Trinajstić information content (AvgIpc) is 2.95. The largest absolute Gasteiger partial charge is 0.457 e. The highest BCUT2D eigenvalue weighted by Crippen LogP contribution is 2.25. The van der Waals surface area contributed by atoms with Gasteiger partial charge in [0.2, 0.25) is 0 Å². The molecule has 2 atom stereocenters. The van der Waals surface area contributed by atoms with Crippen LogP contribution in [-0.2, 0) is 13.0 Å². The molecule has 1 saturated heterocycles. The van der Waals surface area contributed by atoms with Crippen LogP contribution in [0.1, 0.15) is 47.7 Å². The predicted octanol–water partition coefficient (Wildman–Crippen LogP) is 6.35. The highest BCUT2D eigenvalue weighted by atomic mass is 16.5. The monoisotopic (exact) mass is 521 g/mol. The topological polar surface area (TPSA) is 67.6 Å². The number of nitrogens with two attached hydrogens (primary N) is 1. The van der Waals surface area contributed by atoms with Gasteiger partial charge in [-0.05, 0) is 78.9 Å². The maximum absolute atomic E-state index is 11.7. The number of unbranched alkanes of at least 4 members (excludes halogenated alkanes) is 1. The number of ketones is 1. The minimum absolute atomic E-state index is 0.0340. The van der Waals surface area contributed by atoms with Gasteiger partial charge in [0, 0.05) is 37.3 Å². The first-order valence-electron chi connectivity index (χ1n) is 14.1. The maximum atomic E-state index is 11.7. The zero-order chi connectivity index (χ0) is 27.0. The Hall–Kier alpha value is -3.51. The lowest BCUT2D eigenvalue weighted by Gasteiger charge is -2.41. The van der Waals surface area contributed by atoms with E-state index in [2.05, 4.69) is 64.8 Å². The zero-order valence-electron chi connectivity index (χ0n) is 22.8. The Labute approximate surface area is 232 Å². The van der Waals surface area contributed by atoms with Crippen LogP contribution in [-0.4, -0.2) is 42.4 Å². The molecule has 0 bridgehead atoms. The minimum Gasteiger partial charge on any atom is -0.457 e. The number of fused-ring (bicyclic) bond motifs is 1. The molecule has 0 unspecified atom stereocenters. The minimum atomic E-state index is 0.0340. The molecular weight excluding hydrogens is 482 g/mol. The Morgan fingerprint density at radius 3 is 2.49 bits per heavy atom. The summed E-state index contributed by atoms with van der Waals surface area (Å²) in [5.74, 6) is 1.48. The molecule has 1 aliphatic rings. The third-order valence-corrected chi connectivity index (χ3v) is 7.69. The molecule has 0 amide bonds. The van der Waals surface area contributed by atoms with E-state index in [0.717, 1.165) is 57.6 Å². The fraction of sp³-hybridized carbons (Fsp3) is 0.324. The van der Waals surface area contributed by atoms with Crippen LogP contribution in [0, 0.1) is 0 Å². The van der Waals surface area contributed by atoms with Crippen molar-refractivity contribution >= 4 is 16.6 Å². The number of ether oxygens (including phenoxy) is 1. The summed E-state index contributed by atoms with van der Waals surface area (Å²) >= 11 is 0. The molecule has 1 heterocycles. The van der Waals surface area contributed by atoms with Crippen molar-refractivity contribution in [2.45, 2.75) is 51.2 Å². The molecular formula is C34H39N3O2. The number of carbonyl (C=O) groups excluding carboxylic acids is 1. The number of benzene rings is 4. The van der Waals surface area contributed by atoms with Gasteiger partial charge in [-0.25, -0.2) is 0 Å². The predicted molar refractivity (Wildman–Crippen MR) is 160 cm³/mol. The molecule has 3 N–H and O–H groups in total. The molecule has 0 saturated carbocycles. The van der Waals surface area contributed by atoms with E-state index in [1.165, 1.54) is 21.9 Å². The molecule has 4 aromatic carbocycles. The van der Waals surface area contributed by atoms with Gasteiger partial charge >= 0.3 is 0 Å². The third kappa shape index (κ3) is 7.33. The van der Waals surface area contributed by atoms with Gasteiger partial charge in [-0.15, -0.1) is 0 Å². The molecule has 0 radical (unpaired) electrons. The summed E-state index contributed by atoms with van der Waals surface area (Å²) in [6, 6.07) is 32.0. The normalized spacial score (nSPS) is 17.8. The van der Waals surface area contributed by atoms with Gasteiger partial charge in [0.25, 0.3) is 0 Å². The van der Waals surface area contributed by atoms with Gasteiger partial charge in [0.05, 0.1) is 0 Å². The fourth-order valence-electron chi connectivity index (χ4n) is 5.53.